The Morgan fingerprint density at radius 3 is 1.52 bits per heavy atom. The van der Waals surface area contributed by atoms with Gasteiger partial charge in [0.25, 0.3) is 0 Å². The summed E-state index contributed by atoms with van der Waals surface area (Å²) in [5, 5.41) is 0.194. The van der Waals surface area contributed by atoms with E-state index in [1.54, 1.807) is 13.8 Å². The maximum atomic E-state index is 9.82. The normalized spacial score (nSPS) is 7.76. The Balaban J connectivity index is -0.000000215. The van der Waals surface area contributed by atoms with Crippen LogP contribution in [0, 0.1) is 6.92 Å². The Kier molecular flexibility index (Phi) is 25.2. The van der Waals surface area contributed by atoms with Crippen LogP contribution in [0.2, 0.25) is 0 Å². The van der Waals surface area contributed by atoms with Gasteiger partial charge in [-0.05, 0) is 20.8 Å². The van der Waals surface area contributed by atoms with Gasteiger partial charge in [-0.15, -0.1) is 23.2 Å². The van der Waals surface area contributed by atoms with Crippen LogP contribution < -0.4 is 0 Å². The molecule has 0 unspecified atom stereocenters. The molecule has 1 aromatic rings. The minimum Gasteiger partial charge on any atom is -0.466 e. The minimum atomic E-state index is -0.211. The van der Waals surface area contributed by atoms with Gasteiger partial charge in [-0.3, -0.25) is 4.79 Å². The molecule has 1 aromatic carbocycles. The zero-order valence-corrected chi connectivity index (χ0v) is 15.0. The zero-order valence-electron chi connectivity index (χ0n) is 13.5. The van der Waals surface area contributed by atoms with Crippen LogP contribution in [0.3, 0.4) is 0 Å². The van der Waals surface area contributed by atoms with E-state index in [0.29, 0.717) is 13.0 Å². The van der Waals surface area contributed by atoms with Gasteiger partial charge in [-0.25, -0.2) is 0 Å². The number of rotatable bonds is 2. The second kappa shape index (κ2) is 21.2. The van der Waals surface area contributed by atoms with Crippen LogP contribution in [-0.4, -0.2) is 23.7 Å². The molecule has 0 spiro atoms. The van der Waals surface area contributed by atoms with Crippen LogP contribution in [0.4, 0.5) is 0 Å². The van der Waals surface area contributed by atoms with Gasteiger partial charge in [0.15, 0.2) is 0 Å². The topological polar surface area (TPSA) is 43.4 Å². The van der Waals surface area contributed by atoms with Crippen molar-refractivity contribution in [2.75, 3.05) is 11.9 Å². The van der Waals surface area contributed by atoms with E-state index >= 15 is 0 Å². The van der Waals surface area contributed by atoms with Crippen molar-refractivity contribution in [3.8, 4) is 0 Å². The number of alkyl halides is 2. The molecule has 0 aromatic heterocycles. The molecule has 0 aliphatic heterocycles. The first-order valence-corrected chi connectivity index (χ1v) is 7.68. The predicted molar refractivity (Wildman–Crippen MR) is 91.0 cm³/mol. The summed E-state index contributed by atoms with van der Waals surface area (Å²) in [6.07, 6.45) is 0.667. The number of hydrogen-bond donors (Lipinski definition) is 0. The Hall–Kier alpha value is -1.06. The fraction of sp³-hybridized carbons (Fsp3) is 0.500. The van der Waals surface area contributed by atoms with Gasteiger partial charge in [0.05, 0.1) is 11.9 Å². The molecule has 122 valence electrons. The molecule has 21 heavy (non-hydrogen) atoms. The highest BCUT2D eigenvalue weighted by Crippen LogP contribution is 1.92. The summed E-state index contributed by atoms with van der Waals surface area (Å²) in [4.78, 5) is 19.6. The van der Waals surface area contributed by atoms with Crippen LogP contribution >= 0.6 is 23.2 Å². The molecule has 0 bridgehead atoms. The van der Waals surface area contributed by atoms with Crippen LogP contribution in [0.5, 0.6) is 0 Å². The van der Waals surface area contributed by atoms with Gasteiger partial charge in [-0.2, -0.15) is 0 Å². The van der Waals surface area contributed by atoms with Crippen molar-refractivity contribution in [1.82, 2.24) is 0 Å². The maximum absolute atomic E-state index is 9.82. The molecule has 0 atom stereocenters. The third-order valence-electron chi connectivity index (χ3n) is 1.79. The number of halogens is 2. The number of carbonyl (C=O) groups is 2. The first-order chi connectivity index (χ1) is 9.85. The highest BCUT2D eigenvalue weighted by atomic mass is 35.5. The highest BCUT2D eigenvalue weighted by molar-refractivity contribution is 6.40. The second-order valence-corrected chi connectivity index (χ2v) is 4.54. The summed E-state index contributed by atoms with van der Waals surface area (Å²) in [5.74, 6) is 0.0440. The monoisotopic (exact) mass is 336 g/mol. The minimum absolute atomic E-state index is 0.194. The number of ether oxygens (including phenoxy) is 1. The Morgan fingerprint density at radius 1 is 1.05 bits per heavy atom. The third kappa shape index (κ3) is 38.1. The van der Waals surface area contributed by atoms with Crippen LogP contribution in [0.1, 0.15) is 39.7 Å². The van der Waals surface area contributed by atoms with Crippen LogP contribution in [-0.2, 0) is 14.3 Å². The van der Waals surface area contributed by atoms with Gasteiger partial charge in [0.1, 0.15) is 5.78 Å². The molecule has 0 saturated carbocycles. The van der Waals surface area contributed by atoms with Gasteiger partial charge in [0, 0.05) is 13.3 Å². The average molecular weight is 337 g/mol. The second-order valence-electron chi connectivity index (χ2n) is 3.74. The largest absolute Gasteiger partial charge is 0.466 e. The van der Waals surface area contributed by atoms with E-state index in [2.05, 4.69) is 23.8 Å². The summed E-state index contributed by atoms with van der Waals surface area (Å²) in [5.41, 5.74) is 1.32. The summed E-state index contributed by atoms with van der Waals surface area (Å²) < 4.78 is 4.40. The number of Topliss-reactive ketones (excluding diaryl/α,β-unsaturated/α-hetero) is 1. The van der Waals surface area contributed by atoms with Crippen molar-refractivity contribution >= 4 is 35.0 Å². The fourth-order valence-corrected chi connectivity index (χ4v) is 0.738. The SMILES string of the molecule is CCC(C)=O.CCOC(C)=O.Cc1ccccc1.ClCCl. The lowest BCUT2D eigenvalue weighted by Crippen LogP contribution is -1.95. The van der Waals surface area contributed by atoms with E-state index in [1.807, 2.05) is 25.1 Å². The lowest BCUT2D eigenvalue weighted by molar-refractivity contribution is -0.140. The Labute approximate surface area is 138 Å². The average Bonchev–Trinajstić information content (AvgIpc) is 2.41. The molecule has 5 heteroatoms. The molecule has 0 amide bonds. The lowest BCUT2D eigenvalue weighted by Gasteiger charge is -1.89. The van der Waals surface area contributed by atoms with Crippen molar-refractivity contribution in [2.24, 2.45) is 0 Å². The van der Waals surface area contributed by atoms with Crippen LogP contribution in [0.25, 0.3) is 0 Å². The molecular formula is C16H26Cl2O3. The third-order valence-corrected chi connectivity index (χ3v) is 1.79. The molecule has 0 aliphatic rings. The summed E-state index contributed by atoms with van der Waals surface area (Å²) in [6.45, 7) is 9.17. The van der Waals surface area contributed by atoms with E-state index < -0.39 is 0 Å². The summed E-state index contributed by atoms with van der Waals surface area (Å²) in [6, 6.07) is 10.3. The molecule has 0 aliphatic carbocycles. The van der Waals surface area contributed by atoms with Crippen molar-refractivity contribution in [2.45, 2.75) is 41.0 Å². The highest BCUT2D eigenvalue weighted by Gasteiger charge is 1.81. The van der Waals surface area contributed by atoms with E-state index in [1.165, 1.54) is 12.5 Å². The number of carbonyl (C=O) groups excluding carboxylic acids is 2. The van der Waals surface area contributed by atoms with Crippen LogP contribution in [0.15, 0.2) is 30.3 Å². The Bertz CT molecular complexity index is 341. The molecule has 0 heterocycles. The van der Waals surface area contributed by atoms with Crippen molar-refractivity contribution < 1.29 is 14.3 Å². The smallest absolute Gasteiger partial charge is 0.302 e. The van der Waals surface area contributed by atoms with Gasteiger partial charge in [-0.1, -0.05) is 42.8 Å². The van der Waals surface area contributed by atoms with Gasteiger partial charge in [0.2, 0.25) is 0 Å². The van der Waals surface area contributed by atoms with E-state index in [-0.39, 0.29) is 17.1 Å². The van der Waals surface area contributed by atoms with Crippen molar-refractivity contribution in [3.63, 3.8) is 0 Å². The quantitative estimate of drug-likeness (QED) is 0.565. The van der Waals surface area contributed by atoms with Crippen molar-refractivity contribution in [3.05, 3.63) is 35.9 Å². The standard InChI is InChI=1S/C7H8.C4H8O2.C4H8O.CH2Cl2/c1-7-5-3-2-4-6-7;1-3-6-4(2)5;1-3-4(2)5;2-1-3/h2-6H,1H3;3H2,1-2H3;3H2,1-2H3;1H2. The summed E-state index contributed by atoms with van der Waals surface area (Å²) in [7, 11) is 0. The number of aryl methyl sites for hydroxylation is 1. The fourth-order valence-electron chi connectivity index (χ4n) is 0.738. The number of benzene rings is 1. The number of ketones is 1. The zero-order chi connectivity index (χ0) is 17.1. The molecule has 0 fully saturated rings. The predicted octanol–water partition coefficient (Wildman–Crippen LogP) is 4.97. The molecule has 0 saturated heterocycles. The first-order valence-electron chi connectivity index (χ1n) is 6.61. The molecule has 3 nitrogen and oxygen atoms in total. The van der Waals surface area contributed by atoms with E-state index in [9.17, 15) is 9.59 Å². The maximum Gasteiger partial charge on any atom is 0.302 e. The molecular weight excluding hydrogens is 311 g/mol. The molecule has 0 N–H and O–H groups in total. The number of esters is 1. The lowest BCUT2D eigenvalue weighted by atomic mass is 10.2. The van der Waals surface area contributed by atoms with Gasteiger partial charge < -0.3 is 9.53 Å². The Morgan fingerprint density at radius 2 is 1.43 bits per heavy atom. The summed E-state index contributed by atoms with van der Waals surface area (Å²) >= 11 is 9.53. The van der Waals surface area contributed by atoms with Gasteiger partial charge >= 0.3 is 5.97 Å². The van der Waals surface area contributed by atoms with E-state index in [4.69, 9.17) is 23.2 Å². The number of hydrogen-bond acceptors (Lipinski definition) is 3. The molecule has 1 rings (SSSR count). The molecule has 0 radical (unpaired) electrons. The van der Waals surface area contributed by atoms with E-state index in [0.717, 1.165) is 0 Å². The first kappa shape index (κ1) is 24.9. The van der Waals surface area contributed by atoms with Crippen molar-refractivity contribution in [1.29, 1.82) is 0 Å².